The number of carbonyl (C=O) groups is 2. The molecule has 0 fully saturated rings. The number of aliphatic imine (C=N–C) groups is 1. The van der Waals surface area contributed by atoms with E-state index in [9.17, 15) is 9.59 Å². The monoisotopic (exact) mass is 463 g/mol. The predicted molar refractivity (Wildman–Crippen MR) is 135 cm³/mol. The van der Waals surface area contributed by atoms with Crippen LogP contribution in [0, 0.1) is 6.92 Å². The van der Waals surface area contributed by atoms with Crippen LogP contribution in [0.5, 0.6) is 11.5 Å². The summed E-state index contributed by atoms with van der Waals surface area (Å²) in [5, 5.41) is 14.8. The Kier molecular flexibility index (Phi) is 10.6. The average Bonchev–Trinajstić information content (AvgIpc) is 2.81. The van der Waals surface area contributed by atoms with Gasteiger partial charge in [0.05, 0.1) is 6.54 Å². The fourth-order valence-electron chi connectivity index (χ4n) is 3.08. The molecule has 0 aliphatic carbocycles. The molecule has 0 bridgehead atoms. The molecule has 0 saturated heterocycles. The van der Waals surface area contributed by atoms with Crippen molar-refractivity contribution in [2.45, 2.75) is 46.2 Å². The summed E-state index contributed by atoms with van der Waals surface area (Å²) in [6.45, 7) is 10.2. The van der Waals surface area contributed by atoms with Crippen LogP contribution in [0.15, 0.2) is 72.3 Å². The van der Waals surface area contributed by atoms with Gasteiger partial charge in [0.2, 0.25) is 0 Å². The molecule has 7 nitrogen and oxygen atoms in total. The number of amides is 1. The van der Waals surface area contributed by atoms with Gasteiger partial charge in [0.15, 0.2) is 5.84 Å². The van der Waals surface area contributed by atoms with Crippen molar-refractivity contribution in [1.29, 1.82) is 0 Å². The molecule has 0 aliphatic heterocycles. The first-order valence-electron chi connectivity index (χ1n) is 11.2. The van der Waals surface area contributed by atoms with Gasteiger partial charge in [-0.1, -0.05) is 36.4 Å². The van der Waals surface area contributed by atoms with E-state index >= 15 is 0 Å². The molecular weight excluding hydrogens is 430 g/mol. The summed E-state index contributed by atoms with van der Waals surface area (Å²) < 4.78 is 5.98. The van der Waals surface area contributed by atoms with Crippen LogP contribution in [-0.2, 0) is 22.6 Å². The maximum absolute atomic E-state index is 12.7. The second-order valence-corrected chi connectivity index (χ2v) is 7.84. The van der Waals surface area contributed by atoms with Crippen molar-refractivity contribution in [2.75, 3.05) is 6.54 Å². The van der Waals surface area contributed by atoms with Crippen LogP contribution < -0.4 is 15.4 Å². The number of aryl methyl sites for hydroxylation is 2. The lowest BCUT2D eigenvalue weighted by molar-refractivity contribution is -0.137. The Balaban J connectivity index is 2.02. The molecule has 2 rings (SSSR count). The number of carbonyl (C=O) groups excluding carboxylic acids is 1. The molecule has 1 atom stereocenters. The number of hydrogen-bond acceptors (Lipinski definition) is 4. The molecule has 3 N–H and O–H groups in total. The summed E-state index contributed by atoms with van der Waals surface area (Å²) in [5.74, 6) is 0.461. The fraction of sp³-hybridized carbons (Fsp3) is 0.296. The molecule has 0 aliphatic rings. The number of allylic oxidation sites excluding steroid dienone is 1. The van der Waals surface area contributed by atoms with Crippen LogP contribution >= 0.6 is 0 Å². The van der Waals surface area contributed by atoms with Gasteiger partial charge in [-0.2, -0.15) is 0 Å². The van der Waals surface area contributed by atoms with Crippen molar-refractivity contribution >= 4 is 17.7 Å². The predicted octanol–water partition coefficient (Wildman–Crippen LogP) is 4.56. The molecule has 0 radical (unpaired) electrons. The lowest BCUT2D eigenvalue weighted by Crippen LogP contribution is -2.43. The summed E-state index contributed by atoms with van der Waals surface area (Å²) in [6.07, 6.45) is 6.04. The van der Waals surface area contributed by atoms with Gasteiger partial charge in [-0.05, 0) is 68.1 Å². The first-order valence-corrected chi connectivity index (χ1v) is 11.2. The van der Waals surface area contributed by atoms with E-state index in [4.69, 9.17) is 9.84 Å². The number of nitrogens with zero attached hydrogens (tertiary/aromatic N) is 1. The minimum absolute atomic E-state index is 0.0918. The van der Waals surface area contributed by atoms with E-state index in [2.05, 4.69) is 22.2 Å². The normalized spacial score (nSPS) is 12.3. The highest BCUT2D eigenvalue weighted by atomic mass is 16.5. The molecule has 0 aromatic heterocycles. The fourth-order valence-corrected chi connectivity index (χ4v) is 3.08. The molecule has 2 aromatic carbocycles. The van der Waals surface area contributed by atoms with Gasteiger partial charge in [0.25, 0.3) is 5.91 Å². The van der Waals surface area contributed by atoms with E-state index in [1.165, 1.54) is 0 Å². The van der Waals surface area contributed by atoms with Gasteiger partial charge < -0.3 is 20.5 Å². The highest BCUT2D eigenvalue weighted by Gasteiger charge is 2.13. The summed E-state index contributed by atoms with van der Waals surface area (Å²) >= 11 is 0. The number of carboxylic acids is 1. The van der Waals surface area contributed by atoms with E-state index in [-0.39, 0.29) is 24.2 Å². The third-order valence-corrected chi connectivity index (χ3v) is 5.03. The SMILES string of the molecule is C=CC(C)NC(=NC/C=C\C)C(=O)NCc1cccc(Oc2ccc(CCC(=O)O)c(C)c2)c1. The number of hydrogen-bond donors (Lipinski definition) is 3. The Morgan fingerprint density at radius 2 is 1.97 bits per heavy atom. The summed E-state index contributed by atoms with van der Waals surface area (Å²) in [6, 6.07) is 13.0. The molecule has 0 spiro atoms. The van der Waals surface area contributed by atoms with Crippen LogP contribution in [0.4, 0.5) is 0 Å². The molecule has 0 heterocycles. The zero-order valence-electron chi connectivity index (χ0n) is 20.0. The molecule has 180 valence electrons. The molecular formula is C27H33N3O4. The molecule has 7 heteroatoms. The maximum atomic E-state index is 12.7. The van der Waals surface area contributed by atoms with Gasteiger partial charge in [-0.25, -0.2) is 0 Å². The minimum Gasteiger partial charge on any atom is -0.481 e. The van der Waals surface area contributed by atoms with Crippen LogP contribution in [0.2, 0.25) is 0 Å². The number of amidine groups is 1. The molecule has 1 amide bonds. The third-order valence-electron chi connectivity index (χ3n) is 5.03. The second kappa shape index (κ2) is 13.6. The molecule has 2 aromatic rings. The second-order valence-electron chi connectivity index (χ2n) is 7.84. The summed E-state index contributed by atoms with van der Waals surface area (Å²) in [7, 11) is 0. The highest BCUT2D eigenvalue weighted by molar-refractivity contribution is 6.37. The zero-order chi connectivity index (χ0) is 24.9. The van der Waals surface area contributed by atoms with Crippen LogP contribution in [0.1, 0.15) is 37.0 Å². The lowest BCUT2D eigenvalue weighted by atomic mass is 10.0. The topological polar surface area (TPSA) is 100 Å². The average molecular weight is 464 g/mol. The van der Waals surface area contributed by atoms with Crippen LogP contribution in [0.3, 0.4) is 0 Å². The van der Waals surface area contributed by atoms with E-state index in [1.807, 2.05) is 75.4 Å². The Morgan fingerprint density at radius 1 is 1.21 bits per heavy atom. The maximum Gasteiger partial charge on any atom is 0.303 e. The largest absolute Gasteiger partial charge is 0.481 e. The van der Waals surface area contributed by atoms with Gasteiger partial charge in [-0.3, -0.25) is 14.6 Å². The minimum atomic E-state index is -0.814. The Hall–Kier alpha value is -3.87. The number of nitrogens with one attached hydrogen (secondary N) is 2. The Labute approximate surface area is 201 Å². The first kappa shape index (κ1) is 26.4. The number of aliphatic carboxylic acids is 1. The number of carboxylic acid groups (broad SMARTS) is 1. The van der Waals surface area contributed by atoms with E-state index in [0.29, 0.717) is 31.0 Å². The standard InChI is InChI=1S/C27H33N3O4/c1-5-7-15-28-26(30-20(4)6-2)27(33)29-18-21-9-8-10-23(17-21)34-24-13-11-22(19(3)16-24)12-14-25(31)32/h5-11,13,16-17,20H,2,12,14-15,18H2,1,3-4H3,(H,28,30)(H,29,33)(H,31,32)/b7-5-. The lowest BCUT2D eigenvalue weighted by Gasteiger charge is -2.14. The Bertz CT molecular complexity index is 1060. The van der Waals surface area contributed by atoms with Gasteiger partial charge in [0.1, 0.15) is 11.5 Å². The van der Waals surface area contributed by atoms with E-state index in [0.717, 1.165) is 16.7 Å². The smallest absolute Gasteiger partial charge is 0.303 e. The quantitative estimate of drug-likeness (QED) is 0.258. The Morgan fingerprint density at radius 3 is 2.65 bits per heavy atom. The van der Waals surface area contributed by atoms with E-state index in [1.54, 1.807) is 6.08 Å². The van der Waals surface area contributed by atoms with Crippen molar-refractivity contribution in [3.63, 3.8) is 0 Å². The molecule has 34 heavy (non-hydrogen) atoms. The van der Waals surface area contributed by atoms with Gasteiger partial charge >= 0.3 is 5.97 Å². The third kappa shape index (κ3) is 8.94. The van der Waals surface area contributed by atoms with E-state index < -0.39 is 5.97 Å². The van der Waals surface area contributed by atoms with Crippen LogP contribution in [0.25, 0.3) is 0 Å². The molecule has 0 saturated carbocycles. The van der Waals surface area contributed by atoms with Gasteiger partial charge in [0, 0.05) is 19.0 Å². The summed E-state index contributed by atoms with van der Waals surface area (Å²) in [4.78, 5) is 27.8. The number of rotatable bonds is 11. The van der Waals surface area contributed by atoms with Gasteiger partial charge in [-0.15, -0.1) is 6.58 Å². The van der Waals surface area contributed by atoms with Crippen molar-refractivity contribution < 1.29 is 19.4 Å². The number of ether oxygens (including phenoxy) is 1. The first-order chi connectivity index (χ1) is 16.3. The van der Waals surface area contributed by atoms with Crippen molar-refractivity contribution in [1.82, 2.24) is 10.6 Å². The van der Waals surface area contributed by atoms with Crippen molar-refractivity contribution in [3.05, 3.63) is 84.0 Å². The van der Waals surface area contributed by atoms with Crippen molar-refractivity contribution in [3.8, 4) is 11.5 Å². The number of benzene rings is 2. The summed E-state index contributed by atoms with van der Waals surface area (Å²) in [5.41, 5.74) is 2.84. The highest BCUT2D eigenvalue weighted by Crippen LogP contribution is 2.25. The molecule has 1 unspecified atom stereocenters. The van der Waals surface area contributed by atoms with Crippen molar-refractivity contribution in [2.24, 2.45) is 4.99 Å². The van der Waals surface area contributed by atoms with Crippen LogP contribution in [-0.4, -0.2) is 35.4 Å². The zero-order valence-corrected chi connectivity index (χ0v) is 20.0.